The molecule has 2 aliphatic heterocycles. The highest BCUT2D eigenvalue weighted by molar-refractivity contribution is 8.00. The molecule has 0 bridgehead atoms. The number of aliphatic carboxylic acids is 2. The van der Waals surface area contributed by atoms with E-state index in [0.717, 1.165) is 11.1 Å². The lowest BCUT2D eigenvalue weighted by atomic mass is 9.98. The molecule has 29 heavy (non-hydrogen) atoms. The zero-order valence-electron chi connectivity index (χ0n) is 15.0. The molecule has 0 radical (unpaired) electrons. The molecular weight excluding hydrogens is 428 g/mol. The largest absolute Gasteiger partial charge is 0.479 e. The Bertz CT molecular complexity index is 847. The lowest BCUT2D eigenvalue weighted by Crippen LogP contribution is -2.76. The first-order chi connectivity index (χ1) is 13.8. The van der Waals surface area contributed by atoms with E-state index in [0.29, 0.717) is 0 Å². The number of β-lactam (4-membered cyclic amide) rings is 1. The molecule has 1 aromatic rings. The average Bonchev–Trinajstić information content (AvgIpc) is 3.22. The van der Waals surface area contributed by atoms with E-state index in [1.165, 1.54) is 40.6 Å². The molecule has 3 heterocycles. The van der Waals surface area contributed by atoms with Gasteiger partial charge in [-0.05, 0) is 0 Å². The fourth-order valence-corrected chi connectivity index (χ4v) is 5.01. The molecule has 156 valence electrons. The Morgan fingerprint density at radius 3 is 2.83 bits per heavy atom. The normalized spacial score (nSPS) is 26.0. The van der Waals surface area contributed by atoms with Crippen LogP contribution in [0.4, 0.5) is 5.82 Å². The number of carboxylic acid groups (broad SMARTS) is 2. The molecule has 2 fully saturated rings. The number of anilines is 1. The van der Waals surface area contributed by atoms with Gasteiger partial charge >= 0.3 is 11.9 Å². The van der Waals surface area contributed by atoms with Gasteiger partial charge < -0.3 is 24.7 Å². The SMILES string of the molecule is COC1(C(=O)O)CS[C@@H]2C(N(C(=O)C=NOCC(=O)O)c3cscn3)C(=O)N2C1. The lowest BCUT2D eigenvalue weighted by Gasteiger charge is -2.55. The fourth-order valence-electron chi connectivity index (χ4n) is 2.93. The van der Waals surface area contributed by atoms with Crippen LogP contribution in [0, 0.1) is 0 Å². The van der Waals surface area contributed by atoms with Crippen molar-refractivity contribution in [3.05, 3.63) is 10.9 Å². The highest BCUT2D eigenvalue weighted by atomic mass is 32.2. The van der Waals surface area contributed by atoms with Crippen LogP contribution in [0.15, 0.2) is 16.0 Å². The zero-order valence-corrected chi connectivity index (χ0v) is 16.6. The van der Waals surface area contributed by atoms with Gasteiger partial charge in [-0.15, -0.1) is 23.1 Å². The second kappa shape index (κ2) is 8.34. The minimum absolute atomic E-state index is 0.0959. The summed E-state index contributed by atoms with van der Waals surface area (Å²) in [5.41, 5.74) is -0.0214. The van der Waals surface area contributed by atoms with Crippen molar-refractivity contribution in [2.24, 2.45) is 5.16 Å². The summed E-state index contributed by atoms with van der Waals surface area (Å²) in [6, 6.07) is -0.913. The van der Waals surface area contributed by atoms with Crippen molar-refractivity contribution in [3.8, 4) is 0 Å². The van der Waals surface area contributed by atoms with Crippen molar-refractivity contribution >= 4 is 58.9 Å². The van der Waals surface area contributed by atoms with E-state index in [-0.39, 0.29) is 18.1 Å². The Labute approximate surface area is 172 Å². The zero-order chi connectivity index (χ0) is 21.2. The summed E-state index contributed by atoms with van der Waals surface area (Å²) in [5, 5.41) is 22.4. The quantitative estimate of drug-likeness (QED) is 0.299. The van der Waals surface area contributed by atoms with E-state index in [1.54, 1.807) is 5.38 Å². The highest BCUT2D eigenvalue weighted by Crippen LogP contribution is 2.42. The second-order valence-electron chi connectivity index (χ2n) is 6.07. The van der Waals surface area contributed by atoms with E-state index < -0.39 is 47.4 Å². The number of hydrogen-bond donors (Lipinski definition) is 2. The molecular formula is C15H16N4O8S2. The predicted octanol–water partition coefficient (Wildman–Crippen LogP) is -0.683. The number of nitrogens with zero attached hydrogens (tertiary/aromatic N) is 4. The lowest BCUT2D eigenvalue weighted by molar-refractivity contribution is -0.169. The molecule has 2 N–H and O–H groups in total. The summed E-state index contributed by atoms with van der Waals surface area (Å²) in [6.07, 6.45) is 0.766. The van der Waals surface area contributed by atoms with E-state index >= 15 is 0 Å². The van der Waals surface area contributed by atoms with Crippen LogP contribution in [0.2, 0.25) is 0 Å². The number of thioether (sulfide) groups is 1. The number of oxime groups is 1. The third-order valence-electron chi connectivity index (χ3n) is 4.41. The number of amides is 2. The van der Waals surface area contributed by atoms with Crippen LogP contribution >= 0.6 is 23.1 Å². The van der Waals surface area contributed by atoms with E-state index in [1.807, 2.05) is 0 Å². The number of carbonyl (C=O) groups excluding carboxylic acids is 2. The number of carbonyl (C=O) groups is 4. The van der Waals surface area contributed by atoms with Crippen molar-refractivity contribution in [1.82, 2.24) is 9.88 Å². The number of methoxy groups -OCH3 is 1. The highest BCUT2D eigenvalue weighted by Gasteiger charge is 2.60. The van der Waals surface area contributed by atoms with Gasteiger partial charge in [0.2, 0.25) is 12.5 Å². The van der Waals surface area contributed by atoms with Crippen molar-refractivity contribution in [3.63, 3.8) is 0 Å². The Kier molecular flexibility index (Phi) is 6.04. The first-order valence-corrected chi connectivity index (χ1v) is 10.1. The number of aromatic nitrogens is 1. The first-order valence-electron chi connectivity index (χ1n) is 8.10. The smallest absolute Gasteiger partial charge is 0.344 e. The second-order valence-corrected chi connectivity index (χ2v) is 7.90. The molecule has 0 aromatic carbocycles. The molecule has 3 rings (SSSR count). The third kappa shape index (κ3) is 3.90. The van der Waals surface area contributed by atoms with Crippen molar-refractivity contribution in [2.75, 3.05) is 30.9 Å². The first kappa shape index (κ1) is 21.0. The summed E-state index contributed by atoms with van der Waals surface area (Å²) in [4.78, 5) is 58.5. The number of thiazole rings is 1. The molecule has 2 aliphatic rings. The molecule has 0 aliphatic carbocycles. The van der Waals surface area contributed by atoms with Gasteiger partial charge in [0.1, 0.15) is 23.4 Å². The summed E-state index contributed by atoms with van der Waals surface area (Å²) in [7, 11) is 1.27. The van der Waals surface area contributed by atoms with Gasteiger partial charge in [-0.1, -0.05) is 5.16 Å². The third-order valence-corrected chi connectivity index (χ3v) is 6.48. The fraction of sp³-hybridized carbons (Fsp3) is 0.467. The van der Waals surface area contributed by atoms with Crippen LogP contribution in [0.1, 0.15) is 0 Å². The predicted molar refractivity (Wildman–Crippen MR) is 101 cm³/mol. The molecule has 12 nitrogen and oxygen atoms in total. The van der Waals surface area contributed by atoms with Crippen LogP contribution in [0.5, 0.6) is 0 Å². The van der Waals surface area contributed by atoms with Crippen LogP contribution in [0.3, 0.4) is 0 Å². The Hall–Kier alpha value is -2.71. The van der Waals surface area contributed by atoms with Gasteiger partial charge in [-0.2, -0.15) is 0 Å². The van der Waals surface area contributed by atoms with Gasteiger partial charge in [-0.25, -0.2) is 14.6 Å². The van der Waals surface area contributed by atoms with Crippen LogP contribution in [-0.4, -0.2) is 93.1 Å². The number of fused-ring (bicyclic) bond motifs is 1. The van der Waals surface area contributed by atoms with Crippen LogP contribution in [0.25, 0.3) is 0 Å². The molecule has 2 saturated heterocycles. The summed E-state index contributed by atoms with van der Waals surface area (Å²) >= 11 is 2.41. The van der Waals surface area contributed by atoms with Crippen molar-refractivity contribution < 1.29 is 39.0 Å². The van der Waals surface area contributed by atoms with E-state index in [4.69, 9.17) is 9.84 Å². The van der Waals surface area contributed by atoms with Gasteiger partial charge in [0.15, 0.2) is 5.60 Å². The molecule has 1 aromatic heterocycles. The van der Waals surface area contributed by atoms with Gasteiger partial charge in [0.25, 0.3) is 5.91 Å². The number of carboxylic acids is 2. The maximum atomic E-state index is 12.8. The van der Waals surface area contributed by atoms with Crippen molar-refractivity contribution in [1.29, 1.82) is 0 Å². The molecule has 0 saturated carbocycles. The van der Waals surface area contributed by atoms with E-state index in [9.17, 15) is 24.3 Å². The van der Waals surface area contributed by atoms with Crippen molar-refractivity contribution in [2.45, 2.75) is 17.0 Å². The van der Waals surface area contributed by atoms with Gasteiger partial charge in [0.05, 0.1) is 12.1 Å². The topological polar surface area (TPSA) is 159 Å². The molecule has 2 amide bonds. The molecule has 3 atom stereocenters. The van der Waals surface area contributed by atoms with Gasteiger partial charge in [-0.3, -0.25) is 14.5 Å². The monoisotopic (exact) mass is 444 g/mol. The Morgan fingerprint density at radius 1 is 1.48 bits per heavy atom. The number of rotatable bonds is 8. The standard InChI is InChI=1S/C15H16N4O8S2/c1-26-15(14(24)25)5-18-12(23)11(13(18)29-6-15)19(8-4-28-7-16-8)9(20)2-17-27-3-10(21)22/h2,4,7,11,13H,3,5-6H2,1H3,(H,21,22)(H,24,25)/t11?,13-,15?/m1/s1. The summed E-state index contributed by atoms with van der Waals surface area (Å²) in [6.45, 7) is -0.857. The average molecular weight is 444 g/mol. The van der Waals surface area contributed by atoms with E-state index in [2.05, 4.69) is 15.0 Å². The maximum absolute atomic E-state index is 12.8. The number of ether oxygens (including phenoxy) is 1. The maximum Gasteiger partial charge on any atom is 0.344 e. The van der Waals surface area contributed by atoms with Crippen LogP contribution < -0.4 is 4.90 Å². The van der Waals surface area contributed by atoms with Gasteiger partial charge in [0, 0.05) is 18.2 Å². The summed E-state index contributed by atoms with van der Waals surface area (Å²) < 4.78 is 5.15. The number of hydrogen-bond acceptors (Lipinski definition) is 10. The molecule has 2 unspecified atom stereocenters. The Morgan fingerprint density at radius 2 is 2.24 bits per heavy atom. The summed E-state index contributed by atoms with van der Waals surface area (Å²) in [5.74, 6) is -3.27. The van der Waals surface area contributed by atoms with Crippen LogP contribution in [-0.2, 0) is 28.8 Å². The Balaban J connectivity index is 1.79. The minimum atomic E-state index is -1.51. The minimum Gasteiger partial charge on any atom is -0.479 e. The molecule has 14 heteroatoms. The molecule has 0 spiro atoms.